The lowest BCUT2D eigenvalue weighted by molar-refractivity contribution is -0.126. The molecule has 1 aliphatic heterocycles. The van der Waals surface area contributed by atoms with Gasteiger partial charge in [-0.3, -0.25) is 4.79 Å². The fraction of sp³-hybridized carbons (Fsp3) is 0.471. The molecule has 1 aliphatic rings. The van der Waals surface area contributed by atoms with Crippen LogP contribution in [-0.2, 0) is 14.8 Å². The fourth-order valence-corrected chi connectivity index (χ4v) is 3.64. The Labute approximate surface area is 138 Å². The normalized spacial score (nSPS) is 16.9. The van der Waals surface area contributed by atoms with Crippen LogP contribution in [0.2, 0.25) is 0 Å². The summed E-state index contributed by atoms with van der Waals surface area (Å²) < 4.78 is 25.1. The van der Waals surface area contributed by atoms with Gasteiger partial charge in [-0.05, 0) is 43.9 Å². The molecule has 1 saturated heterocycles. The molecule has 1 fully saturated rings. The minimum Gasteiger partial charge on any atom is -0.339 e. The van der Waals surface area contributed by atoms with Gasteiger partial charge >= 0.3 is 0 Å². The number of amides is 1. The van der Waals surface area contributed by atoms with E-state index in [1.54, 1.807) is 11.0 Å². The predicted octanol–water partition coefficient (Wildman–Crippen LogP) is 1.86. The number of nitrogens with zero attached hydrogens (tertiary/aromatic N) is 1. The SMILES string of the molecule is Cc1ccc(C=CC(=O)N2CCC(NS(C)(=O)=O)CC2)c(C)c1. The van der Waals surface area contributed by atoms with Crippen LogP contribution in [0.5, 0.6) is 0 Å². The minimum atomic E-state index is -3.18. The molecule has 6 heteroatoms. The highest BCUT2D eigenvalue weighted by molar-refractivity contribution is 7.88. The zero-order valence-electron chi connectivity index (χ0n) is 13.9. The van der Waals surface area contributed by atoms with Crippen molar-refractivity contribution in [2.24, 2.45) is 0 Å². The van der Waals surface area contributed by atoms with Gasteiger partial charge in [0.1, 0.15) is 0 Å². The van der Waals surface area contributed by atoms with Crippen molar-refractivity contribution in [1.82, 2.24) is 9.62 Å². The zero-order chi connectivity index (χ0) is 17.0. The first-order valence-corrected chi connectivity index (χ1v) is 9.65. The highest BCUT2D eigenvalue weighted by atomic mass is 32.2. The minimum absolute atomic E-state index is 0.0252. The molecule has 1 aromatic carbocycles. The molecular weight excluding hydrogens is 312 g/mol. The van der Waals surface area contributed by atoms with Crippen molar-refractivity contribution in [2.45, 2.75) is 32.7 Å². The Kier molecular flexibility index (Phi) is 5.59. The van der Waals surface area contributed by atoms with Crippen LogP contribution in [0.25, 0.3) is 6.08 Å². The third-order valence-corrected chi connectivity index (χ3v) is 4.78. The number of piperidine rings is 1. The zero-order valence-corrected chi connectivity index (χ0v) is 14.7. The summed E-state index contributed by atoms with van der Waals surface area (Å²) in [6.07, 6.45) is 5.91. The van der Waals surface area contributed by atoms with Crippen LogP contribution < -0.4 is 4.72 Å². The molecule has 0 spiro atoms. The Balaban J connectivity index is 1.91. The van der Waals surface area contributed by atoms with Crippen LogP contribution in [-0.4, -0.2) is 44.6 Å². The van der Waals surface area contributed by atoms with Crippen LogP contribution >= 0.6 is 0 Å². The largest absolute Gasteiger partial charge is 0.339 e. The molecular formula is C17H24N2O3S. The van der Waals surface area contributed by atoms with Crippen LogP contribution in [0, 0.1) is 13.8 Å². The van der Waals surface area contributed by atoms with Crippen LogP contribution in [0.15, 0.2) is 24.3 Å². The van der Waals surface area contributed by atoms with Crippen molar-refractivity contribution in [3.8, 4) is 0 Å². The van der Waals surface area contributed by atoms with E-state index in [0.717, 1.165) is 17.4 Å². The van der Waals surface area contributed by atoms with Crippen molar-refractivity contribution < 1.29 is 13.2 Å². The van der Waals surface area contributed by atoms with E-state index < -0.39 is 10.0 Å². The molecule has 0 unspecified atom stereocenters. The Morgan fingerprint density at radius 2 is 1.91 bits per heavy atom. The van der Waals surface area contributed by atoms with Gasteiger partial charge in [0, 0.05) is 25.2 Å². The lowest BCUT2D eigenvalue weighted by atomic mass is 10.0. The summed E-state index contributed by atoms with van der Waals surface area (Å²) in [5.41, 5.74) is 3.38. The Hall–Kier alpha value is -1.66. The van der Waals surface area contributed by atoms with Crippen molar-refractivity contribution in [3.05, 3.63) is 41.0 Å². The summed E-state index contributed by atoms with van der Waals surface area (Å²) in [6, 6.07) is 6.06. The molecule has 0 aliphatic carbocycles. The number of rotatable bonds is 4. The molecule has 0 saturated carbocycles. The van der Waals surface area contributed by atoms with E-state index in [1.165, 1.54) is 5.56 Å². The second kappa shape index (κ2) is 7.27. The van der Waals surface area contributed by atoms with Gasteiger partial charge in [-0.15, -0.1) is 0 Å². The summed E-state index contributed by atoms with van der Waals surface area (Å²) in [6.45, 7) is 5.21. The number of likely N-dealkylation sites (tertiary alicyclic amines) is 1. The highest BCUT2D eigenvalue weighted by Gasteiger charge is 2.23. The number of carbonyl (C=O) groups is 1. The second-order valence-electron chi connectivity index (χ2n) is 6.18. The topological polar surface area (TPSA) is 66.5 Å². The van der Waals surface area contributed by atoms with Crippen molar-refractivity contribution in [3.63, 3.8) is 0 Å². The number of hydrogen-bond donors (Lipinski definition) is 1. The summed E-state index contributed by atoms with van der Waals surface area (Å²) in [5.74, 6) is -0.0252. The molecule has 23 heavy (non-hydrogen) atoms. The van der Waals surface area contributed by atoms with Crippen LogP contribution in [0.1, 0.15) is 29.5 Å². The maximum atomic E-state index is 12.2. The van der Waals surface area contributed by atoms with Gasteiger partial charge in [0.05, 0.1) is 6.26 Å². The Morgan fingerprint density at radius 3 is 2.48 bits per heavy atom. The third kappa shape index (κ3) is 5.48. The van der Waals surface area contributed by atoms with E-state index in [2.05, 4.69) is 10.8 Å². The average Bonchev–Trinajstić information content (AvgIpc) is 2.45. The molecule has 1 heterocycles. The van der Waals surface area contributed by atoms with Crippen LogP contribution in [0.3, 0.4) is 0 Å². The molecule has 5 nitrogen and oxygen atoms in total. The number of hydrogen-bond acceptors (Lipinski definition) is 3. The maximum Gasteiger partial charge on any atom is 0.246 e. The average molecular weight is 336 g/mol. The molecule has 2 rings (SSSR count). The van der Waals surface area contributed by atoms with Crippen molar-refractivity contribution in [2.75, 3.05) is 19.3 Å². The van der Waals surface area contributed by atoms with Gasteiger partial charge in [-0.1, -0.05) is 23.8 Å². The van der Waals surface area contributed by atoms with E-state index in [1.807, 2.05) is 32.1 Å². The van der Waals surface area contributed by atoms with E-state index in [4.69, 9.17) is 0 Å². The summed E-state index contributed by atoms with van der Waals surface area (Å²) in [5, 5.41) is 0. The summed E-state index contributed by atoms with van der Waals surface area (Å²) in [4.78, 5) is 14.0. The number of carbonyl (C=O) groups excluding carboxylic acids is 1. The Bertz CT molecular complexity index is 703. The van der Waals surface area contributed by atoms with Crippen LogP contribution in [0.4, 0.5) is 0 Å². The molecule has 1 amide bonds. The first kappa shape index (κ1) is 17.7. The number of sulfonamides is 1. The van der Waals surface area contributed by atoms with Crippen molar-refractivity contribution >= 4 is 22.0 Å². The fourth-order valence-electron chi connectivity index (χ4n) is 2.80. The number of nitrogens with one attached hydrogen (secondary N) is 1. The monoisotopic (exact) mass is 336 g/mol. The standard InChI is InChI=1S/C17H24N2O3S/c1-13-4-5-15(14(2)12-13)6-7-17(20)19-10-8-16(9-11-19)18-23(3,21)22/h4-7,12,16,18H,8-11H2,1-3H3. The van der Waals surface area contributed by atoms with Gasteiger partial charge in [-0.25, -0.2) is 13.1 Å². The van der Waals surface area contributed by atoms with E-state index in [-0.39, 0.29) is 11.9 Å². The van der Waals surface area contributed by atoms with Gasteiger partial charge in [-0.2, -0.15) is 0 Å². The predicted molar refractivity (Wildman–Crippen MR) is 92.5 cm³/mol. The van der Waals surface area contributed by atoms with Crippen molar-refractivity contribution in [1.29, 1.82) is 0 Å². The third-order valence-electron chi connectivity index (χ3n) is 4.02. The molecule has 0 radical (unpaired) electrons. The smallest absolute Gasteiger partial charge is 0.246 e. The molecule has 126 valence electrons. The second-order valence-corrected chi connectivity index (χ2v) is 7.96. The summed E-state index contributed by atoms with van der Waals surface area (Å²) in [7, 11) is -3.18. The van der Waals surface area contributed by atoms with E-state index >= 15 is 0 Å². The quantitative estimate of drug-likeness (QED) is 0.854. The van der Waals surface area contributed by atoms with Gasteiger partial charge in [0.25, 0.3) is 0 Å². The number of aryl methyl sites for hydroxylation is 2. The van der Waals surface area contributed by atoms with Gasteiger partial charge in [0.15, 0.2) is 0 Å². The molecule has 0 bridgehead atoms. The lowest BCUT2D eigenvalue weighted by Gasteiger charge is -2.31. The Morgan fingerprint density at radius 1 is 1.26 bits per heavy atom. The van der Waals surface area contributed by atoms with Gasteiger partial charge in [0.2, 0.25) is 15.9 Å². The molecule has 1 aromatic rings. The highest BCUT2D eigenvalue weighted by Crippen LogP contribution is 2.14. The van der Waals surface area contributed by atoms with E-state index in [0.29, 0.717) is 25.9 Å². The molecule has 0 aromatic heterocycles. The maximum absolute atomic E-state index is 12.2. The first-order chi connectivity index (χ1) is 10.7. The van der Waals surface area contributed by atoms with Gasteiger partial charge < -0.3 is 4.90 Å². The molecule has 0 atom stereocenters. The number of benzene rings is 1. The summed E-state index contributed by atoms with van der Waals surface area (Å²) >= 11 is 0. The van der Waals surface area contributed by atoms with E-state index in [9.17, 15) is 13.2 Å². The molecule has 1 N–H and O–H groups in total. The lowest BCUT2D eigenvalue weighted by Crippen LogP contribution is -2.45. The first-order valence-electron chi connectivity index (χ1n) is 7.76.